The van der Waals surface area contributed by atoms with Crippen LogP contribution < -0.4 is 15.4 Å². The molecule has 0 bridgehead atoms. The van der Waals surface area contributed by atoms with Crippen LogP contribution in [-0.2, 0) is 11.2 Å². The van der Waals surface area contributed by atoms with Crippen molar-refractivity contribution in [1.82, 2.24) is 0 Å². The summed E-state index contributed by atoms with van der Waals surface area (Å²) in [4.78, 5) is 12.6. The second kappa shape index (κ2) is 5.05. The van der Waals surface area contributed by atoms with Gasteiger partial charge >= 0.3 is 5.97 Å². The number of anilines is 1. The Labute approximate surface area is 99.8 Å². The summed E-state index contributed by atoms with van der Waals surface area (Å²) in [5.74, 6) is -0.0830. The third kappa shape index (κ3) is 2.68. The molecule has 1 aliphatic heterocycles. The fourth-order valence-electron chi connectivity index (χ4n) is 1.97. The quantitative estimate of drug-likeness (QED) is 0.794. The first-order valence-corrected chi connectivity index (χ1v) is 5.63. The van der Waals surface area contributed by atoms with Crippen molar-refractivity contribution in [2.45, 2.75) is 6.42 Å². The Hall–Kier alpha value is -1.75. The monoisotopic (exact) mass is 236 g/mol. The molecule has 92 valence electrons. The van der Waals surface area contributed by atoms with Crippen molar-refractivity contribution in [2.24, 2.45) is 5.73 Å². The molecule has 0 saturated carbocycles. The SMILES string of the molecule is NCCc1ccc2c(c1)N(CC(=O)O)CCO2. The summed E-state index contributed by atoms with van der Waals surface area (Å²) in [6, 6.07) is 5.81. The van der Waals surface area contributed by atoms with E-state index in [4.69, 9.17) is 15.6 Å². The summed E-state index contributed by atoms with van der Waals surface area (Å²) in [7, 11) is 0. The number of benzene rings is 1. The summed E-state index contributed by atoms with van der Waals surface area (Å²) in [5.41, 5.74) is 7.47. The van der Waals surface area contributed by atoms with Gasteiger partial charge in [-0.1, -0.05) is 6.07 Å². The van der Waals surface area contributed by atoms with Gasteiger partial charge < -0.3 is 20.5 Å². The maximum Gasteiger partial charge on any atom is 0.323 e. The summed E-state index contributed by atoms with van der Waals surface area (Å²) in [5, 5.41) is 8.86. The first-order valence-electron chi connectivity index (χ1n) is 5.63. The van der Waals surface area contributed by atoms with Crippen molar-refractivity contribution < 1.29 is 14.6 Å². The molecule has 0 radical (unpaired) electrons. The Morgan fingerprint density at radius 1 is 1.53 bits per heavy atom. The van der Waals surface area contributed by atoms with E-state index in [1.54, 1.807) is 0 Å². The highest BCUT2D eigenvalue weighted by molar-refractivity contribution is 5.75. The van der Waals surface area contributed by atoms with E-state index < -0.39 is 5.97 Å². The van der Waals surface area contributed by atoms with E-state index in [0.717, 1.165) is 23.4 Å². The van der Waals surface area contributed by atoms with Crippen LogP contribution in [0.15, 0.2) is 18.2 Å². The lowest BCUT2D eigenvalue weighted by Gasteiger charge is -2.30. The molecule has 0 atom stereocenters. The van der Waals surface area contributed by atoms with E-state index in [2.05, 4.69) is 0 Å². The number of carbonyl (C=O) groups is 1. The topological polar surface area (TPSA) is 75.8 Å². The van der Waals surface area contributed by atoms with Crippen LogP contribution in [0, 0.1) is 0 Å². The first kappa shape index (κ1) is 11.7. The van der Waals surface area contributed by atoms with Crippen molar-refractivity contribution >= 4 is 11.7 Å². The lowest BCUT2D eigenvalue weighted by molar-refractivity contribution is -0.135. The van der Waals surface area contributed by atoms with Crippen LogP contribution in [0.25, 0.3) is 0 Å². The average Bonchev–Trinajstić information content (AvgIpc) is 2.29. The van der Waals surface area contributed by atoms with Crippen molar-refractivity contribution in [3.05, 3.63) is 23.8 Å². The van der Waals surface area contributed by atoms with E-state index in [0.29, 0.717) is 19.7 Å². The molecule has 3 N–H and O–H groups in total. The summed E-state index contributed by atoms with van der Waals surface area (Å²) >= 11 is 0. The molecule has 0 aliphatic carbocycles. The fourth-order valence-corrected chi connectivity index (χ4v) is 1.97. The Morgan fingerprint density at radius 2 is 2.35 bits per heavy atom. The normalized spacial score (nSPS) is 14.1. The molecule has 0 amide bonds. The number of carboxylic acid groups (broad SMARTS) is 1. The lowest BCUT2D eigenvalue weighted by Crippen LogP contribution is -2.36. The van der Waals surface area contributed by atoms with Crippen LogP contribution >= 0.6 is 0 Å². The maximum absolute atomic E-state index is 10.8. The van der Waals surface area contributed by atoms with E-state index in [1.165, 1.54) is 0 Å². The molecular weight excluding hydrogens is 220 g/mol. The zero-order valence-corrected chi connectivity index (χ0v) is 9.56. The van der Waals surface area contributed by atoms with E-state index >= 15 is 0 Å². The highest BCUT2D eigenvalue weighted by atomic mass is 16.5. The van der Waals surface area contributed by atoms with Gasteiger partial charge in [0.15, 0.2) is 0 Å². The lowest BCUT2D eigenvalue weighted by atomic mass is 10.1. The van der Waals surface area contributed by atoms with Crippen molar-refractivity contribution in [2.75, 3.05) is 31.1 Å². The molecule has 0 saturated heterocycles. The van der Waals surface area contributed by atoms with Gasteiger partial charge in [0, 0.05) is 0 Å². The van der Waals surface area contributed by atoms with Crippen LogP contribution in [0.2, 0.25) is 0 Å². The number of rotatable bonds is 4. The third-order valence-electron chi connectivity index (χ3n) is 2.74. The van der Waals surface area contributed by atoms with Gasteiger partial charge in [-0.05, 0) is 30.7 Å². The first-order chi connectivity index (χ1) is 8.20. The molecule has 1 aromatic rings. The summed E-state index contributed by atoms with van der Waals surface area (Å²) in [6.07, 6.45) is 0.786. The van der Waals surface area contributed by atoms with Crippen LogP contribution in [-0.4, -0.2) is 37.3 Å². The fraction of sp³-hybridized carbons (Fsp3) is 0.417. The molecule has 5 heteroatoms. The number of hydrogen-bond donors (Lipinski definition) is 2. The zero-order valence-electron chi connectivity index (χ0n) is 9.56. The van der Waals surface area contributed by atoms with E-state index in [1.807, 2.05) is 23.1 Å². The molecule has 0 fully saturated rings. The number of carboxylic acids is 1. The second-order valence-electron chi connectivity index (χ2n) is 4.00. The number of aliphatic carboxylic acids is 1. The van der Waals surface area contributed by atoms with Crippen molar-refractivity contribution in [1.29, 1.82) is 0 Å². The number of hydrogen-bond acceptors (Lipinski definition) is 4. The summed E-state index contributed by atoms with van der Waals surface area (Å²) in [6.45, 7) is 1.71. The molecule has 2 rings (SSSR count). The molecule has 1 heterocycles. The minimum absolute atomic E-state index is 0.00242. The standard InChI is InChI=1S/C12H16N2O3/c13-4-3-9-1-2-11-10(7-9)14(5-6-17-11)8-12(15)16/h1-2,7H,3-6,8,13H2,(H,15,16). The Balaban J connectivity index is 2.27. The zero-order chi connectivity index (χ0) is 12.3. The Morgan fingerprint density at radius 3 is 3.06 bits per heavy atom. The van der Waals surface area contributed by atoms with Gasteiger partial charge in [-0.15, -0.1) is 0 Å². The van der Waals surface area contributed by atoms with Gasteiger partial charge in [0.2, 0.25) is 0 Å². The van der Waals surface area contributed by atoms with Gasteiger partial charge in [-0.3, -0.25) is 4.79 Å². The van der Waals surface area contributed by atoms with Crippen molar-refractivity contribution in [3.8, 4) is 5.75 Å². The number of nitrogens with zero attached hydrogens (tertiary/aromatic N) is 1. The maximum atomic E-state index is 10.8. The Bertz CT molecular complexity index is 420. The summed E-state index contributed by atoms with van der Waals surface area (Å²) < 4.78 is 5.50. The van der Waals surface area contributed by atoms with Crippen LogP contribution in [0.3, 0.4) is 0 Å². The number of nitrogens with two attached hydrogens (primary N) is 1. The predicted molar refractivity (Wildman–Crippen MR) is 64.5 cm³/mol. The molecule has 0 spiro atoms. The molecule has 0 unspecified atom stereocenters. The van der Waals surface area contributed by atoms with Gasteiger partial charge in [-0.25, -0.2) is 0 Å². The van der Waals surface area contributed by atoms with Crippen molar-refractivity contribution in [3.63, 3.8) is 0 Å². The predicted octanol–water partition coefficient (Wildman–Crippen LogP) is 0.471. The van der Waals surface area contributed by atoms with Gasteiger partial charge in [-0.2, -0.15) is 0 Å². The molecule has 17 heavy (non-hydrogen) atoms. The Kier molecular flexibility index (Phi) is 3.49. The van der Waals surface area contributed by atoms with Gasteiger partial charge in [0.25, 0.3) is 0 Å². The highest BCUT2D eigenvalue weighted by Gasteiger charge is 2.20. The van der Waals surface area contributed by atoms with E-state index in [-0.39, 0.29) is 6.54 Å². The minimum atomic E-state index is -0.831. The highest BCUT2D eigenvalue weighted by Crippen LogP contribution is 2.32. The minimum Gasteiger partial charge on any atom is -0.490 e. The van der Waals surface area contributed by atoms with Crippen LogP contribution in [0.4, 0.5) is 5.69 Å². The molecule has 1 aromatic carbocycles. The smallest absolute Gasteiger partial charge is 0.323 e. The molecule has 5 nitrogen and oxygen atoms in total. The van der Waals surface area contributed by atoms with Crippen LogP contribution in [0.5, 0.6) is 5.75 Å². The number of fused-ring (bicyclic) bond motifs is 1. The van der Waals surface area contributed by atoms with Crippen LogP contribution in [0.1, 0.15) is 5.56 Å². The third-order valence-corrected chi connectivity index (χ3v) is 2.74. The molecule has 1 aliphatic rings. The van der Waals surface area contributed by atoms with Gasteiger partial charge in [0.05, 0.1) is 12.2 Å². The van der Waals surface area contributed by atoms with E-state index in [9.17, 15) is 4.79 Å². The van der Waals surface area contributed by atoms with Gasteiger partial charge in [0.1, 0.15) is 18.9 Å². The number of ether oxygens (including phenoxy) is 1. The largest absolute Gasteiger partial charge is 0.490 e. The molecular formula is C12H16N2O3. The second-order valence-corrected chi connectivity index (χ2v) is 4.00. The average molecular weight is 236 g/mol. The molecule has 0 aromatic heterocycles.